The van der Waals surface area contributed by atoms with Crippen molar-refractivity contribution in [2.45, 2.75) is 19.9 Å². The molecule has 0 N–H and O–H groups in total. The molecule has 1 aromatic heterocycles. The second-order valence-electron chi connectivity index (χ2n) is 7.15. The van der Waals surface area contributed by atoms with Gasteiger partial charge in [0, 0.05) is 5.02 Å². The minimum atomic E-state index is -0.636. The van der Waals surface area contributed by atoms with E-state index in [0.717, 1.165) is 11.1 Å². The molecule has 162 valence electrons. The summed E-state index contributed by atoms with van der Waals surface area (Å²) in [6.07, 6.45) is 5.56. The number of allylic oxidation sites excluding steroid dienone is 2. The summed E-state index contributed by atoms with van der Waals surface area (Å²) in [6.45, 7) is 3.75. The van der Waals surface area contributed by atoms with Crippen molar-refractivity contribution in [3.05, 3.63) is 108 Å². The molecule has 0 fully saturated rings. The van der Waals surface area contributed by atoms with Gasteiger partial charge in [-0.2, -0.15) is 0 Å². The Bertz CT molecular complexity index is 1380. The van der Waals surface area contributed by atoms with E-state index < -0.39 is 12.0 Å². The lowest BCUT2D eigenvalue weighted by atomic mass is 9.96. The van der Waals surface area contributed by atoms with Crippen molar-refractivity contribution in [1.29, 1.82) is 0 Å². The maximum Gasteiger partial charge on any atom is 0.338 e. The fraction of sp³-hybridized carbons (Fsp3) is 0.160. The molecule has 0 amide bonds. The van der Waals surface area contributed by atoms with Crippen molar-refractivity contribution in [3.63, 3.8) is 0 Å². The lowest BCUT2D eigenvalue weighted by Gasteiger charge is -2.24. The Morgan fingerprint density at radius 2 is 1.91 bits per heavy atom. The highest BCUT2D eigenvalue weighted by molar-refractivity contribution is 7.07. The Labute approximate surface area is 194 Å². The van der Waals surface area contributed by atoms with Crippen molar-refractivity contribution in [2.75, 3.05) is 6.61 Å². The Morgan fingerprint density at radius 3 is 2.59 bits per heavy atom. The zero-order chi connectivity index (χ0) is 22.7. The summed E-state index contributed by atoms with van der Waals surface area (Å²) < 4.78 is 7.39. The minimum absolute atomic E-state index is 0.208. The second-order valence-corrected chi connectivity index (χ2v) is 8.59. The number of thiazole rings is 1. The fourth-order valence-corrected chi connectivity index (χ4v) is 4.70. The van der Waals surface area contributed by atoms with Crippen LogP contribution in [0.25, 0.3) is 12.2 Å². The van der Waals surface area contributed by atoms with E-state index in [4.69, 9.17) is 16.3 Å². The van der Waals surface area contributed by atoms with E-state index in [-0.39, 0.29) is 12.2 Å². The number of ether oxygens (including phenoxy) is 1. The van der Waals surface area contributed by atoms with Gasteiger partial charge in [-0.1, -0.05) is 77.6 Å². The molecule has 1 atom stereocenters. The van der Waals surface area contributed by atoms with Crippen LogP contribution in [-0.4, -0.2) is 17.1 Å². The Kier molecular flexibility index (Phi) is 6.53. The summed E-state index contributed by atoms with van der Waals surface area (Å²) in [5.41, 5.74) is 2.49. The van der Waals surface area contributed by atoms with Gasteiger partial charge in [-0.15, -0.1) is 0 Å². The van der Waals surface area contributed by atoms with Crippen molar-refractivity contribution < 1.29 is 9.53 Å². The molecule has 32 heavy (non-hydrogen) atoms. The molecular formula is C25H21ClN2O3S. The second kappa shape index (κ2) is 9.51. The highest BCUT2D eigenvalue weighted by Crippen LogP contribution is 2.31. The molecule has 2 heterocycles. The number of fused-ring (bicyclic) bond motifs is 1. The molecule has 0 aliphatic carbocycles. The number of hydrogen-bond donors (Lipinski definition) is 0. The molecule has 1 aliphatic heterocycles. The Morgan fingerprint density at radius 1 is 1.19 bits per heavy atom. The van der Waals surface area contributed by atoms with Crippen LogP contribution < -0.4 is 14.9 Å². The number of aromatic nitrogens is 1. The number of esters is 1. The molecule has 1 aliphatic rings. The average molecular weight is 465 g/mol. The first-order valence-electron chi connectivity index (χ1n) is 10.2. The first-order valence-corrected chi connectivity index (χ1v) is 11.4. The molecule has 0 unspecified atom stereocenters. The van der Waals surface area contributed by atoms with Gasteiger partial charge in [0.25, 0.3) is 5.56 Å². The summed E-state index contributed by atoms with van der Waals surface area (Å²) in [7, 11) is 0. The van der Waals surface area contributed by atoms with Gasteiger partial charge in [0.15, 0.2) is 4.80 Å². The third-order valence-corrected chi connectivity index (χ3v) is 6.29. The number of carbonyl (C=O) groups is 1. The average Bonchev–Trinajstić information content (AvgIpc) is 3.09. The van der Waals surface area contributed by atoms with E-state index in [1.807, 2.05) is 54.6 Å². The number of nitrogens with zero attached hydrogens (tertiary/aromatic N) is 2. The van der Waals surface area contributed by atoms with Gasteiger partial charge in [-0.3, -0.25) is 9.36 Å². The minimum Gasteiger partial charge on any atom is -0.463 e. The number of benzene rings is 2. The summed E-state index contributed by atoms with van der Waals surface area (Å²) in [5.74, 6) is -0.480. The SMILES string of the molecule is CCOC(=O)C1=C(C)N=c2s/c(=C\C=C\c3ccccc3)c(=O)n2[C@@H]1c1ccc(Cl)cc1. The van der Waals surface area contributed by atoms with Crippen LogP contribution in [0.5, 0.6) is 0 Å². The van der Waals surface area contributed by atoms with Gasteiger partial charge < -0.3 is 4.74 Å². The van der Waals surface area contributed by atoms with Crippen LogP contribution >= 0.6 is 22.9 Å². The maximum atomic E-state index is 13.4. The monoisotopic (exact) mass is 464 g/mol. The number of halogens is 1. The van der Waals surface area contributed by atoms with E-state index in [1.54, 1.807) is 36.6 Å². The third-order valence-electron chi connectivity index (χ3n) is 5.04. The van der Waals surface area contributed by atoms with Crippen LogP contribution in [0.2, 0.25) is 5.02 Å². The molecule has 0 bridgehead atoms. The largest absolute Gasteiger partial charge is 0.463 e. The predicted molar refractivity (Wildman–Crippen MR) is 128 cm³/mol. The zero-order valence-corrected chi connectivity index (χ0v) is 19.2. The Balaban J connectivity index is 1.86. The molecule has 3 aromatic rings. The van der Waals surface area contributed by atoms with Gasteiger partial charge >= 0.3 is 5.97 Å². The van der Waals surface area contributed by atoms with E-state index in [2.05, 4.69) is 4.99 Å². The normalized spacial score (nSPS) is 16.2. The fourth-order valence-electron chi connectivity index (χ4n) is 3.58. The maximum absolute atomic E-state index is 13.4. The zero-order valence-electron chi connectivity index (χ0n) is 17.6. The smallest absolute Gasteiger partial charge is 0.338 e. The van der Waals surface area contributed by atoms with E-state index in [9.17, 15) is 9.59 Å². The van der Waals surface area contributed by atoms with Gasteiger partial charge in [-0.25, -0.2) is 9.79 Å². The topological polar surface area (TPSA) is 60.7 Å². The van der Waals surface area contributed by atoms with Crippen molar-refractivity contribution in [1.82, 2.24) is 4.57 Å². The van der Waals surface area contributed by atoms with Crippen molar-refractivity contribution in [3.8, 4) is 0 Å². The Hall–Kier alpha value is -3.22. The van der Waals surface area contributed by atoms with Gasteiger partial charge in [0.1, 0.15) is 0 Å². The highest BCUT2D eigenvalue weighted by Gasteiger charge is 2.33. The summed E-state index contributed by atoms with van der Waals surface area (Å²) in [5, 5.41) is 0.575. The van der Waals surface area contributed by atoms with E-state index in [0.29, 0.717) is 25.6 Å². The molecule has 4 rings (SSSR count). The standard InChI is InChI=1S/C25H21ClN2O3S/c1-3-31-24(30)21-16(2)27-25-28(22(21)18-12-14-19(26)15-13-18)23(29)20(32-25)11-7-10-17-8-5-4-6-9-17/h4-15,22H,3H2,1-2H3/b10-7+,20-11-/t22-/m1/s1. The quantitative estimate of drug-likeness (QED) is 0.534. The molecule has 7 heteroatoms. The molecule has 0 saturated heterocycles. The first kappa shape index (κ1) is 22.0. The lowest BCUT2D eigenvalue weighted by molar-refractivity contribution is -0.139. The van der Waals surface area contributed by atoms with Crippen LogP contribution in [0.1, 0.15) is 31.0 Å². The molecule has 5 nitrogen and oxygen atoms in total. The van der Waals surface area contributed by atoms with Gasteiger partial charge in [0.2, 0.25) is 0 Å². The first-order chi connectivity index (χ1) is 15.5. The lowest BCUT2D eigenvalue weighted by Crippen LogP contribution is -2.39. The van der Waals surface area contributed by atoms with Crippen molar-refractivity contribution in [2.24, 2.45) is 4.99 Å². The van der Waals surface area contributed by atoms with Gasteiger partial charge in [-0.05, 0) is 43.2 Å². The molecule has 0 saturated carbocycles. The highest BCUT2D eigenvalue weighted by atomic mass is 35.5. The van der Waals surface area contributed by atoms with Crippen LogP contribution in [-0.2, 0) is 9.53 Å². The van der Waals surface area contributed by atoms with Crippen molar-refractivity contribution >= 4 is 41.1 Å². The molecular weight excluding hydrogens is 444 g/mol. The molecule has 2 aromatic carbocycles. The van der Waals surface area contributed by atoms with E-state index >= 15 is 0 Å². The van der Waals surface area contributed by atoms with Crippen LogP contribution in [0.3, 0.4) is 0 Å². The summed E-state index contributed by atoms with van der Waals surface area (Å²) in [4.78, 5) is 31.3. The van der Waals surface area contributed by atoms with Gasteiger partial charge in [0.05, 0.1) is 28.5 Å². The number of carbonyl (C=O) groups excluding carboxylic acids is 1. The molecule has 0 spiro atoms. The summed E-state index contributed by atoms with van der Waals surface area (Å²) >= 11 is 7.36. The van der Waals surface area contributed by atoms with Crippen LogP contribution in [0.15, 0.2) is 81.7 Å². The summed E-state index contributed by atoms with van der Waals surface area (Å²) in [6, 6.07) is 16.3. The number of rotatable bonds is 5. The predicted octanol–water partition coefficient (Wildman–Crippen LogP) is 4.12. The van der Waals surface area contributed by atoms with Crippen LogP contribution in [0, 0.1) is 0 Å². The molecule has 0 radical (unpaired) electrons. The van der Waals surface area contributed by atoms with Crippen LogP contribution in [0.4, 0.5) is 0 Å². The van der Waals surface area contributed by atoms with E-state index in [1.165, 1.54) is 11.3 Å². The number of hydrogen-bond acceptors (Lipinski definition) is 5. The third kappa shape index (κ3) is 4.38.